The number of benzene rings is 1. The summed E-state index contributed by atoms with van der Waals surface area (Å²) in [5.41, 5.74) is 1.09. The van der Waals surface area contributed by atoms with Crippen LogP contribution in [0, 0.1) is 0 Å². The van der Waals surface area contributed by atoms with Crippen molar-refractivity contribution >= 4 is 29.1 Å². The van der Waals surface area contributed by atoms with Crippen LogP contribution in [0.15, 0.2) is 23.1 Å². The summed E-state index contributed by atoms with van der Waals surface area (Å²) in [6.45, 7) is 7.72. The number of imide groups is 1. The topological polar surface area (TPSA) is 65.1 Å². The van der Waals surface area contributed by atoms with Gasteiger partial charge >= 0.3 is 0 Å². The molecule has 1 aliphatic heterocycles. The second kappa shape index (κ2) is 11.3. The maximum absolute atomic E-state index is 13.1. The molecule has 29 heavy (non-hydrogen) atoms. The first-order chi connectivity index (χ1) is 13.9. The largest absolute Gasteiger partial charge is 0.493 e. The van der Waals surface area contributed by atoms with Gasteiger partial charge in [-0.2, -0.15) is 0 Å². The Labute approximate surface area is 177 Å². The maximum atomic E-state index is 13.1. The Morgan fingerprint density at radius 2 is 1.69 bits per heavy atom. The van der Waals surface area contributed by atoms with Gasteiger partial charge in [-0.25, -0.2) is 0 Å². The van der Waals surface area contributed by atoms with Gasteiger partial charge in [0.05, 0.1) is 24.7 Å². The second-order valence-electron chi connectivity index (χ2n) is 7.02. The summed E-state index contributed by atoms with van der Waals surface area (Å²) in [6, 6.07) is 5.29. The summed E-state index contributed by atoms with van der Waals surface area (Å²) in [7, 11) is 3.11. The molecular weight excluding hydrogens is 390 g/mol. The summed E-state index contributed by atoms with van der Waals surface area (Å²) < 4.78 is 16.2. The summed E-state index contributed by atoms with van der Waals surface area (Å²) in [5.74, 6) is 0.605. The van der Waals surface area contributed by atoms with Crippen LogP contribution in [-0.4, -0.2) is 55.9 Å². The molecule has 0 atom stereocenters. The van der Waals surface area contributed by atoms with E-state index in [4.69, 9.17) is 14.2 Å². The molecule has 0 N–H and O–H groups in total. The molecule has 1 heterocycles. The Bertz CT molecular complexity index is 760. The van der Waals surface area contributed by atoms with Crippen LogP contribution in [0.4, 0.5) is 0 Å². The van der Waals surface area contributed by atoms with Crippen LogP contribution in [0.25, 0.3) is 5.57 Å². The van der Waals surface area contributed by atoms with Crippen molar-refractivity contribution in [2.75, 3.05) is 34.0 Å². The number of unbranched alkanes of at least 4 members (excludes halogenated alkanes) is 1. The van der Waals surface area contributed by atoms with Gasteiger partial charge in [0.25, 0.3) is 11.8 Å². The summed E-state index contributed by atoms with van der Waals surface area (Å²) in [5, 5.41) is 0.175. The zero-order valence-corrected chi connectivity index (χ0v) is 18.8. The van der Waals surface area contributed by atoms with E-state index in [1.165, 1.54) is 16.7 Å². The van der Waals surface area contributed by atoms with Gasteiger partial charge < -0.3 is 14.2 Å². The zero-order chi connectivity index (χ0) is 21.4. The summed E-state index contributed by atoms with van der Waals surface area (Å²) in [6.07, 6.45) is 2.72. The van der Waals surface area contributed by atoms with Crippen molar-refractivity contribution in [1.82, 2.24) is 4.90 Å². The normalized spacial score (nSPS) is 14.3. The Morgan fingerprint density at radius 3 is 2.31 bits per heavy atom. The molecule has 0 aromatic heterocycles. The van der Waals surface area contributed by atoms with Crippen LogP contribution in [0.1, 0.15) is 45.6 Å². The van der Waals surface area contributed by atoms with Gasteiger partial charge in [-0.15, -0.1) is 11.8 Å². The van der Waals surface area contributed by atoms with Crippen molar-refractivity contribution in [3.05, 3.63) is 28.7 Å². The third kappa shape index (κ3) is 5.76. The fraction of sp³-hybridized carbons (Fsp3) is 0.545. The van der Waals surface area contributed by atoms with Gasteiger partial charge in [0.15, 0.2) is 11.5 Å². The highest BCUT2D eigenvalue weighted by Crippen LogP contribution is 2.40. The lowest BCUT2D eigenvalue weighted by atomic mass is 10.1. The molecule has 0 aliphatic carbocycles. The third-order valence-electron chi connectivity index (χ3n) is 4.46. The number of hydrogen-bond acceptors (Lipinski definition) is 6. The van der Waals surface area contributed by atoms with Crippen molar-refractivity contribution in [1.29, 1.82) is 0 Å². The molecule has 7 heteroatoms. The SMILES string of the molecule is CCCCOCCCN1C(=O)C(SC(C)C)=C(c2ccc(OC)c(OC)c2)C1=O. The van der Waals surface area contributed by atoms with E-state index in [0.29, 0.717) is 53.7 Å². The number of thioether (sulfide) groups is 1. The maximum Gasteiger partial charge on any atom is 0.267 e. The number of carbonyl (C=O) groups is 2. The monoisotopic (exact) mass is 421 g/mol. The highest BCUT2D eigenvalue weighted by molar-refractivity contribution is 8.04. The van der Waals surface area contributed by atoms with E-state index in [1.54, 1.807) is 32.4 Å². The van der Waals surface area contributed by atoms with Crippen molar-refractivity contribution in [2.24, 2.45) is 0 Å². The number of hydrogen-bond donors (Lipinski definition) is 0. The lowest BCUT2D eigenvalue weighted by molar-refractivity contribution is -0.136. The fourth-order valence-electron chi connectivity index (χ4n) is 3.02. The molecule has 2 rings (SSSR count). The minimum Gasteiger partial charge on any atom is -0.493 e. The molecule has 1 aromatic carbocycles. The van der Waals surface area contributed by atoms with Gasteiger partial charge in [-0.3, -0.25) is 14.5 Å². The number of methoxy groups -OCH3 is 2. The molecule has 0 saturated carbocycles. The Kier molecular flexibility index (Phi) is 9.04. The van der Waals surface area contributed by atoms with Crippen molar-refractivity contribution in [3.63, 3.8) is 0 Å². The molecule has 0 spiro atoms. The highest BCUT2D eigenvalue weighted by atomic mass is 32.2. The Hall–Kier alpha value is -1.99. The first kappa shape index (κ1) is 23.3. The average Bonchev–Trinajstić information content (AvgIpc) is 2.93. The fourth-order valence-corrected chi connectivity index (χ4v) is 4.03. The molecule has 6 nitrogen and oxygen atoms in total. The number of ether oxygens (including phenoxy) is 3. The highest BCUT2D eigenvalue weighted by Gasteiger charge is 2.39. The van der Waals surface area contributed by atoms with Crippen molar-refractivity contribution in [3.8, 4) is 11.5 Å². The molecule has 2 amide bonds. The minimum absolute atomic E-state index is 0.175. The Morgan fingerprint density at radius 1 is 1.00 bits per heavy atom. The second-order valence-corrected chi connectivity index (χ2v) is 8.61. The van der Waals surface area contributed by atoms with E-state index < -0.39 is 0 Å². The van der Waals surface area contributed by atoms with E-state index in [9.17, 15) is 9.59 Å². The lowest BCUT2D eigenvalue weighted by Gasteiger charge is -2.15. The van der Waals surface area contributed by atoms with E-state index in [0.717, 1.165) is 12.8 Å². The summed E-state index contributed by atoms with van der Waals surface area (Å²) in [4.78, 5) is 28.0. The molecular formula is C22H31NO5S. The van der Waals surface area contributed by atoms with Crippen LogP contribution in [0.5, 0.6) is 11.5 Å². The van der Waals surface area contributed by atoms with Gasteiger partial charge in [0.1, 0.15) is 0 Å². The van der Waals surface area contributed by atoms with Crippen LogP contribution in [-0.2, 0) is 14.3 Å². The van der Waals surface area contributed by atoms with Crippen LogP contribution < -0.4 is 9.47 Å². The number of carbonyl (C=O) groups excluding carboxylic acids is 2. The smallest absolute Gasteiger partial charge is 0.267 e. The van der Waals surface area contributed by atoms with Gasteiger partial charge in [-0.05, 0) is 30.5 Å². The van der Waals surface area contributed by atoms with Crippen molar-refractivity contribution < 1.29 is 23.8 Å². The molecule has 0 fully saturated rings. The average molecular weight is 422 g/mol. The first-order valence-corrected chi connectivity index (χ1v) is 10.9. The predicted molar refractivity (Wildman–Crippen MR) is 116 cm³/mol. The lowest BCUT2D eigenvalue weighted by Crippen LogP contribution is -2.33. The molecule has 160 valence electrons. The molecule has 1 aliphatic rings. The van der Waals surface area contributed by atoms with E-state index in [-0.39, 0.29) is 17.1 Å². The number of rotatable bonds is 12. The van der Waals surface area contributed by atoms with Gasteiger partial charge in [0.2, 0.25) is 0 Å². The molecule has 0 radical (unpaired) electrons. The quantitative estimate of drug-likeness (QED) is 0.373. The summed E-state index contributed by atoms with van der Waals surface area (Å²) >= 11 is 1.42. The standard InChI is InChI=1S/C22H31NO5S/c1-6-7-12-28-13-8-11-23-21(24)19(20(22(23)25)29-15(2)3)16-9-10-17(26-4)18(14-16)27-5/h9-10,14-15H,6-8,11-13H2,1-5H3. The van der Waals surface area contributed by atoms with Gasteiger partial charge in [0, 0.05) is 25.0 Å². The zero-order valence-electron chi connectivity index (χ0n) is 17.9. The molecule has 0 saturated heterocycles. The van der Waals surface area contributed by atoms with Crippen molar-refractivity contribution in [2.45, 2.75) is 45.3 Å². The van der Waals surface area contributed by atoms with E-state index >= 15 is 0 Å². The molecule has 0 bridgehead atoms. The Balaban J connectivity index is 2.24. The minimum atomic E-state index is -0.265. The van der Waals surface area contributed by atoms with E-state index in [1.807, 2.05) is 13.8 Å². The van der Waals surface area contributed by atoms with E-state index in [2.05, 4.69) is 6.92 Å². The molecule has 1 aromatic rings. The third-order valence-corrected chi connectivity index (χ3v) is 5.55. The van der Waals surface area contributed by atoms with Crippen LogP contribution in [0.2, 0.25) is 0 Å². The first-order valence-electron chi connectivity index (χ1n) is 10.0. The molecule has 0 unspecified atom stereocenters. The number of nitrogens with zero attached hydrogens (tertiary/aromatic N) is 1. The number of amides is 2. The van der Waals surface area contributed by atoms with Gasteiger partial charge in [-0.1, -0.05) is 33.3 Å². The van der Waals surface area contributed by atoms with Crippen LogP contribution >= 0.6 is 11.8 Å². The predicted octanol–water partition coefficient (Wildman–Crippen LogP) is 4.13. The van der Waals surface area contributed by atoms with Crippen LogP contribution in [0.3, 0.4) is 0 Å².